The number of benzene rings is 1. The number of carbonyl (C=O) groups is 1. The minimum Gasteiger partial charge on any atom is -0.340 e. The molecule has 1 amide bonds. The van der Waals surface area contributed by atoms with Crippen LogP contribution in [0.5, 0.6) is 0 Å². The van der Waals surface area contributed by atoms with E-state index in [0.29, 0.717) is 29.0 Å². The van der Waals surface area contributed by atoms with E-state index in [9.17, 15) is 4.79 Å². The summed E-state index contributed by atoms with van der Waals surface area (Å²) in [5, 5.41) is 7.37. The SMILES string of the molecule is Cc1nc(Cn2cccc2C(=O)Nc2ccc(Cl)cc2C)no1. The van der Waals surface area contributed by atoms with Crippen molar-refractivity contribution in [2.24, 2.45) is 0 Å². The molecule has 0 unspecified atom stereocenters. The van der Waals surface area contributed by atoms with Gasteiger partial charge in [-0.1, -0.05) is 16.8 Å². The van der Waals surface area contributed by atoms with Crippen molar-refractivity contribution in [1.82, 2.24) is 14.7 Å². The van der Waals surface area contributed by atoms with Crippen LogP contribution in [0.3, 0.4) is 0 Å². The second-order valence-corrected chi connectivity index (χ2v) is 5.60. The maximum atomic E-state index is 12.5. The third-order valence-corrected chi connectivity index (χ3v) is 3.62. The largest absolute Gasteiger partial charge is 0.340 e. The molecular formula is C16H15ClN4O2. The number of anilines is 1. The van der Waals surface area contributed by atoms with Gasteiger partial charge in [0.15, 0.2) is 5.82 Å². The molecule has 2 heterocycles. The number of nitrogens with one attached hydrogen (secondary N) is 1. The van der Waals surface area contributed by atoms with Crippen LogP contribution in [0.15, 0.2) is 41.1 Å². The molecule has 0 aliphatic heterocycles. The third-order valence-electron chi connectivity index (χ3n) is 3.38. The Hall–Kier alpha value is -2.60. The van der Waals surface area contributed by atoms with Crippen molar-refractivity contribution in [3.8, 4) is 0 Å². The lowest BCUT2D eigenvalue weighted by atomic mass is 10.2. The molecule has 0 saturated carbocycles. The molecule has 0 spiro atoms. The predicted molar refractivity (Wildman–Crippen MR) is 86.7 cm³/mol. The highest BCUT2D eigenvalue weighted by molar-refractivity contribution is 6.30. The molecule has 2 aromatic heterocycles. The Morgan fingerprint density at radius 1 is 1.35 bits per heavy atom. The molecule has 0 atom stereocenters. The van der Waals surface area contributed by atoms with Crippen molar-refractivity contribution < 1.29 is 9.32 Å². The number of nitrogens with zero attached hydrogens (tertiary/aromatic N) is 3. The number of carbonyl (C=O) groups excluding carboxylic acids is 1. The highest BCUT2D eigenvalue weighted by Gasteiger charge is 2.14. The smallest absolute Gasteiger partial charge is 0.272 e. The van der Waals surface area contributed by atoms with Crippen molar-refractivity contribution in [2.75, 3.05) is 5.32 Å². The Bertz CT molecular complexity index is 853. The summed E-state index contributed by atoms with van der Waals surface area (Å²) < 4.78 is 6.72. The molecule has 0 radical (unpaired) electrons. The lowest BCUT2D eigenvalue weighted by Gasteiger charge is -2.10. The van der Waals surface area contributed by atoms with Gasteiger partial charge in [0.05, 0.1) is 6.54 Å². The highest BCUT2D eigenvalue weighted by Crippen LogP contribution is 2.20. The second kappa shape index (κ2) is 6.26. The van der Waals surface area contributed by atoms with Crippen LogP contribution in [0, 0.1) is 13.8 Å². The monoisotopic (exact) mass is 330 g/mol. The molecule has 1 aromatic carbocycles. The minimum atomic E-state index is -0.208. The lowest BCUT2D eigenvalue weighted by Crippen LogP contribution is -2.18. The van der Waals surface area contributed by atoms with E-state index in [1.807, 2.05) is 6.92 Å². The van der Waals surface area contributed by atoms with Gasteiger partial charge in [0.2, 0.25) is 5.89 Å². The number of hydrogen-bond acceptors (Lipinski definition) is 4. The van der Waals surface area contributed by atoms with Crippen molar-refractivity contribution in [3.63, 3.8) is 0 Å². The highest BCUT2D eigenvalue weighted by atomic mass is 35.5. The first-order valence-corrected chi connectivity index (χ1v) is 7.42. The lowest BCUT2D eigenvalue weighted by molar-refractivity contribution is 0.101. The van der Waals surface area contributed by atoms with Crippen LogP contribution in [-0.4, -0.2) is 20.6 Å². The number of halogens is 1. The maximum Gasteiger partial charge on any atom is 0.272 e. The third kappa shape index (κ3) is 3.43. The summed E-state index contributed by atoms with van der Waals surface area (Å²) >= 11 is 5.93. The Morgan fingerprint density at radius 2 is 2.17 bits per heavy atom. The van der Waals surface area contributed by atoms with Gasteiger partial charge in [-0.15, -0.1) is 0 Å². The number of amides is 1. The Kier molecular flexibility index (Phi) is 4.16. The van der Waals surface area contributed by atoms with Crippen LogP contribution in [0.2, 0.25) is 5.02 Å². The molecule has 0 aliphatic carbocycles. The Labute approximate surface area is 138 Å². The van der Waals surface area contributed by atoms with Crippen molar-refractivity contribution >= 4 is 23.2 Å². The molecule has 23 heavy (non-hydrogen) atoms. The fraction of sp³-hybridized carbons (Fsp3) is 0.188. The Balaban J connectivity index is 1.79. The van der Waals surface area contributed by atoms with E-state index in [4.69, 9.17) is 16.1 Å². The Morgan fingerprint density at radius 3 is 2.87 bits per heavy atom. The van der Waals surface area contributed by atoms with Gasteiger partial charge in [0.25, 0.3) is 5.91 Å². The summed E-state index contributed by atoms with van der Waals surface area (Å²) in [5.74, 6) is 0.811. The zero-order valence-electron chi connectivity index (χ0n) is 12.7. The first kappa shape index (κ1) is 15.3. The van der Waals surface area contributed by atoms with E-state index in [0.717, 1.165) is 11.3 Å². The zero-order chi connectivity index (χ0) is 16.4. The van der Waals surface area contributed by atoms with Crippen LogP contribution in [0.25, 0.3) is 0 Å². The molecule has 0 aliphatic rings. The quantitative estimate of drug-likeness (QED) is 0.795. The standard InChI is InChI=1S/C16H15ClN4O2/c1-10-8-12(17)5-6-13(10)19-16(22)14-4-3-7-21(14)9-15-18-11(2)23-20-15/h3-8H,9H2,1-2H3,(H,19,22). The maximum absolute atomic E-state index is 12.5. The van der Waals surface area contributed by atoms with Crippen molar-refractivity contribution in [2.45, 2.75) is 20.4 Å². The summed E-state index contributed by atoms with van der Waals surface area (Å²) in [4.78, 5) is 16.6. The van der Waals surface area contributed by atoms with Crippen LogP contribution in [-0.2, 0) is 6.54 Å². The molecule has 3 aromatic rings. The second-order valence-electron chi connectivity index (χ2n) is 5.16. The molecule has 0 saturated heterocycles. The van der Waals surface area contributed by atoms with Gasteiger partial charge in [-0.25, -0.2) is 0 Å². The van der Waals surface area contributed by atoms with Crippen LogP contribution < -0.4 is 5.32 Å². The van der Waals surface area contributed by atoms with E-state index < -0.39 is 0 Å². The summed E-state index contributed by atoms with van der Waals surface area (Å²) in [5.41, 5.74) is 2.14. The van der Waals surface area contributed by atoms with Crippen molar-refractivity contribution in [3.05, 3.63) is 64.5 Å². The molecular weight excluding hydrogens is 316 g/mol. The van der Waals surface area contributed by atoms with Gasteiger partial charge in [-0.05, 0) is 42.8 Å². The van der Waals surface area contributed by atoms with Gasteiger partial charge in [0.1, 0.15) is 5.69 Å². The minimum absolute atomic E-state index is 0.208. The average Bonchev–Trinajstić information content (AvgIpc) is 3.11. The summed E-state index contributed by atoms with van der Waals surface area (Å²) in [6.07, 6.45) is 1.80. The van der Waals surface area contributed by atoms with Gasteiger partial charge in [-0.2, -0.15) is 4.98 Å². The average molecular weight is 331 g/mol. The molecule has 118 valence electrons. The fourth-order valence-corrected chi connectivity index (χ4v) is 2.50. The van der Waals surface area contributed by atoms with Gasteiger partial charge in [0, 0.05) is 23.8 Å². The van der Waals surface area contributed by atoms with E-state index >= 15 is 0 Å². The van der Waals surface area contributed by atoms with Crippen molar-refractivity contribution in [1.29, 1.82) is 0 Å². The van der Waals surface area contributed by atoms with Gasteiger partial charge in [-0.3, -0.25) is 4.79 Å². The molecule has 1 N–H and O–H groups in total. The van der Waals surface area contributed by atoms with Gasteiger partial charge >= 0.3 is 0 Å². The normalized spacial score (nSPS) is 10.7. The van der Waals surface area contributed by atoms with E-state index in [1.165, 1.54) is 0 Å². The summed E-state index contributed by atoms with van der Waals surface area (Å²) in [7, 11) is 0. The first-order valence-electron chi connectivity index (χ1n) is 7.05. The van der Waals surface area contributed by atoms with Gasteiger partial charge < -0.3 is 14.4 Å². The topological polar surface area (TPSA) is 73.0 Å². The zero-order valence-corrected chi connectivity index (χ0v) is 13.5. The number of aromatic nitrogens is 3. The number of hydrogen-bond donors (Lipinski definition) is 1. The molecule has 7 heteroatoms. The molecule has 0 bridgehead atoms. The molecule has 6 nitrogen and oxygen atoms in total. The summed E-state index contributed by atoms with van der Waals surface area (Å²) in [6.45, 7) is 3.98. The van der Waals surface area contributed by atoms with Crippen LogP contribution in [0.1, 0.15) is 27.8 Å². The molecule has 3 rings (SSSR count). The van der Waals surface area contributed by atoms with Crippen LogP contribution >= 0.6 is 11.6 Å². The fourth-order valence-electron chi connectivity index (χ4n) is 2.27. The molecule has 0 fully saturated rings. The van der Waals surface area contributed by atoms with Crippen LogP contribution in [0.4, 0.5) is 5.69 Å². The van der Waals surface area contributed by atoms with E-state index in [1.54, 1.807) is 48.0 Å². The number of rotatable bonds is 4. The van der Waals surface area contributed by atoms with E-state index in [-0.39, 0.29) is 5.91 Å². The first-order chi connectivity index (χ1) is 11.0. The van der Waals surface area contributed by atoms with E-state index in [2.05, 4.69) is 15.5 Å². The predicted octanol–water partition coefficient (Wildman–Crippen LogP) is 3.44. The number of aryl methyl sites for hydroxylation is 2. The summed E-state index contributed by atoms with van der Waals surface area (Å²) in [6, 6.07) is 8.87.